The molecule has 0 radical (unpaired) electrons. The van der Waals surface area contributed by atoms with Crippen molar-refractivity contribution in [1.82, 2.24) is 0 Å². The monoisotopic (exact) mass is 261 g/mol. The van der Waals surface area contributed by atoms with Crippen LogP contribution in [0.2, 0.25) is 0 Å². The third kappa shape index (κ3) is 2.81. The van der Waals surface area contributed by atoms with Crippen molar-refractivity contribution in [2.45, 2.75) is 18.3 Å². The van der Waals surface area contributed by atoms with E-state index in [1.54, 1.807) is 0 Å². The zero-order valence-corrected chi connectivity index (χ0v) is 9.83. The molecular formula is C12H14F3NO2. The second-order valence-corrected chi connectivity index (χ2v) is 3.88. The first-order valence-electron chi connectivity index (χ1n) is 5.29. The molecule has 0 heterocycles. The molecule has 0 saturated heterocycles. The Hall–Kier alpha value is -1.56. The van der Waals surface area contributed by atoms with E-state index in [2.05, 4.69) is 4.74 Å². The fourth-order valence-corrected chi connectivity index (χ4v) is 1.85. The van der Waals surface area contributed by atoms with E-state index in [9.17, 15) is 18.0 Å². The molecular weight excluding hydrogens is 247 g/mol. The van der Waals surface area contributed by atoms with Crippen molar-refractivity contribution in [1.29, 1.82) is 0 Å². The van der Waals surface area contributed by atoms with Crippen LogP contribution >= 0.6 is 0 Å². The topological polar surface area (TPSA) is 52.3 Å². The predicted octanol–water partition coefficient (Wildman–Crippen LogP) is 1.85. The van der Waals surface area contributed by atoms with Crippen molar-refractivity contribution >= 4 is 5.97 Å². The number of rotatable bonds is 5. The Kier molecular flexibility index (Phi) is 4.72. The van der Waals surface area contributed by atoms with Gasteiger partial charge in [0.1, 0.15) is 11.2 Å². The van der Waals surface area contributed by atoms with Crippen molar-refractivity contribution in [2.24, 2.45) is 5.73 Å². The highest BCUT2D eigenvalue weighted by molar-refractivity contribution is 5.83. The minimum Gasteiger partial charge on any atom is -0.468 e. The summed E-state index contributed by atoms with van der Waals surface area (Å²) in [5.41, 5.74) is 3.84. The number of carbonyl (C=O) groups excluding carboxylic acids is 1. The zero-order chi connectivity index (χ0) is 13.8. The number of hydrogen-bond acceptors (Lipinski definition) is 3. The molecule has 0 amide bonds. The minimum atomic E-state index is -2.75. The van der Waals surface area contributed by atoms with Gasteiger partial charge in [-0.3, -0.25) is 4.79 Å². The first-order chi connectivity index (χ1) is 8.46. The number of ether oxygens (including phenoxy) is 1. The van der Waals surface area contributed by atoms with E-state index in [1.165, 1.54) is 12.1 Å². The van der Waals surface area contributed by atoms with Crippen LogP contribution in [0.5, 0.6) is 0 Å². The minimum absolute atomic E-state index is 0.0946. The molecule has 0 spiro atoms. The van der Waals surface area contributed by atoms with E-state index >= 15 is 0 Å². The van der Waals surface area contributed by atoms with Gasteiger partial charge in [0.25, 0.3) is 0 Å². The normalized spacial score (nSPS) is 14.3. The largest absolute Gasteiger partial charge is 0.468 e. The number of methoxy groups -OCH3 is 1. The van der Waals surface area contributed by atoms with Crippen LogP contribution in [0.4, 0.5) is 13.2 Å². The molecule has 0 bridgehead atoms. The van der Waals surface area contributed by atoms with E-state index in [1.807, 2.05) is 0 Å². The van der Waals surface area contributed by atoms with Crippen molar-refractivity contribution in [3.63, 3.8) is 0 Å². The fraction of sp³-hybridized carbons (Fsp3) is 0.417. The summed E-state index contributed by atoms with van der Waals surface area (Å²) in [7, 11) is 1.08. The van der Waals surface area contributed by atoms with Crippen molar-refractivity contribution in [2.75, 3.05) is 13.7 Å². The van der Waals surface area contributed by atoms with Crippen LogP contribution in [0.15, 0.2) is 24.3 Å². The van der Waals surface area contributed by atoms with E-state index in [0.29, 0.717) is 0 Å². The van der Waals surface area contributed by atoms with Crippen LogP contribution in [0.3, 0.4) is 0 Å². The van der Waals surface area contributed by atoms with Gasteiger partial charge in [-0.15, -0.1) is 0 Å². The fourth-order valence-electron chi connectivity index (χ4n) is 1.85. The van der Waals surface area contributed by atoms with Crippen LogP contribution in [-0.4, -0.2) is 26.0 Å². The molecule has 2 N–H and O–H groups in total. The van der Waals surface area contributed by atoms with Gasteiger partial charge in [0.15, 0.2) is 0 Å². The lowest BCUT2D eigenvalue weighted by Gasteiger charge is -2.29. The van der Waals surface area contributed by atoms with Gasteiger partial charge in [0, 0.05) is 13.0 Å². The van der Waals surface area contributed by atoms with Gasteiger partial charge in [0.05, 0.1) is 7.11 Å². The first kappa shape index (κ1) is 14.5. The van der Waals surface area contributed by atoms with Gasteiger partial charge in [0.2, 0.25) is 6.43 Å². The maximum absolute atomic E-state index is 13.2. The van der Waals surface area contributed by atoms with E-state index in [0.717, 1.165) is 19.2 Å². The summed E-state index contributed by atoms with van der Waals surface area (Å²) in [4.78, 5) is 11.8. The highest BCUT2D eigenvalue weighted by Gasteiger charge is 2.43. The number of esters is 1. The Labute approximate surface area is 103 Å². The second kappa shape index (κ2) is 5.86. The summed E-state index contributed by atoms with van der Waals surface area (Å²) >= 11 is 0. The van der Waals surface area contributed by atoms with Crippen LogP contribution in [0, 0.1) is 5.82 Å². The summed E-state index contributed by atoms with van der Waals surface area (Å²) < 4.78 is 43.0. The summed E-state index contributed by atoms with van der Waals surface area (Å²) in [6.07, 6.45) is -3.56. The van der Waals surface area contributed by atoms with E-state index in [4.69, 9.17) is 5.73 Å². The summed E-state index contributed by atoms with van der Waals surface area (Å²) in [6, 6.07) is 4.90. The van der Waals surface area contributed by atoms with Crippen LogP contribution in [0.25, 0.3) is 0 Å². The molecule has 0 aliphatic heterocycles. The van der Waals surface area contributed by atoms with Gasteiger partial charge in [-0.05, 0) is 17.7 Å². The highest BCUT2D eigenvalue weighted by atomic mass is 19.3. The Morgan fingerprint density at radius 1 is 1.50 bits per heavy atom. The zero-order valence-electron chi connectivity index (χ0n) is 9.83. The number of nitrogens with two attached hydrogens (primary N) is 1. The lowest BCUT2D eigenvalue weighted by Crippen LogP contribution is -2.45. The Morgan fingerprint density at radius 2 is 2.17 bits per heavy atom. The maximum Gasteiger partial charge on any atom is 0.317 e. The molecule has 3 nitrogen and oxygen atoms in total. The lowest BCUT2D eigenvalue weighted by atomic mass is 9.77. The molecule has 0 fully saturated rings. The molecule has 0 aliphatic rings. The van der Waals surface area contributed by atoms with E-state index < -0.39 is 30.0 Å². The smallest absolute Gasteiger partial charge is 0.317 e. The quantitative estimate of drug-likeness (QED) is 0.823. The molecule has 1 aromatic carbocycles. The molecule has 1 rings (SSSR count). The summed E-state index contributed by atoms with van der Waals surface area (Å²) in [5.74, 6) is -1.51. The molecule has 0 aliphatic carbocycles. The number of halogens is 3. The highest BCUT2D eigenvalue weighted by Crippen LogP contribution is 2.31. The average Bonchev–Trinajstić information content (AvgIpc) is 2.34. The van der Waals surface area contributed by atoms with Gasteiger partial charge >= 0.3 is 5.97 Å². The number of hydrogen-bond donors (Lipinski definition) is 1. The number of benzene rings is 1. The molecule has 1 unspecified atom stereocenters. The van der Waals surface area contributed by atoms with Crippen LogP contribution in [0.1, 0.15) is 12.0 Å². The third-order valence-corrected chi connectivity index (χ3v) is 2.80. The van der Waals surface area contributed by atoms with Crippen LogP contribution in [-0.2, 0) is 14.9 Å². The molecule has 0 aromatic heterocycles. The lowest BCUT2D eigenvalue weighted by molar-refractivity contribution is -0.149. The summed E-state index contributed by atoms with van der Waals surface area (Å²) in [6.45, 7) is -0.381. The Morgan fingerprint density at radius 3 is 2.61 bits per heavy atom. The first-order valence-corrected chi connectivity index (χ1v) is 5.29. The standard InChI is InChI=1S/C12H14F3NO2/c1-18-11(17)12(7-16,6-10(14)15)8-3-2-4-9(13)5-8/h2-5,10H,6-7,16H2,1H3. The number of alkyl halides is 2. The second-order valence-electron chi connectivity index (χ2n) is 3.88. The van der Waals surface area contributed by atoms with Gasteiger partial charge in [-0.2, -0.15) is 0 Å². The third-order valence-electron chi connectivity index (χ3n) is 2.80. The van der Waals surface area contributed by atoms with Gasteiger partial charge in [-0.25, -0.2) is 13.2 Å². The van der Waals surface area contributed by atoms with Crippen LogP contribution < -0.4 is 5.73 Å². The average molecular weight is 261 g/mol. The molecule has 6 heteroatoms. The van der Waals surface area contributed by atoms with Crippen molar-refractivity contribution in [3.05, 3.63) is 35.6 Å². The van der Waals surface area contributed by atoms with Crippen molar-refractivity contribution in [3.8, 4) is 0 Å². The molecule has 1 aromatic rings. The molecule has 0 saturated carbocycles. The maximum atomic E-state index is 13.2. The molecule has 18 heavy (non-hydrogen) atoms. The number of carbonyl (C=O) groups is 1. The van der Waals surface area contributed by atoms with Crippen molar-refractivity contribution < 1.29 is 22.7 Å². The van der Waals surface area contributed by atoms with E-state index in [-0.39, 0.29) is 12.1 Å². The molecule has 1 atom stereocenters. The van der Waals surface area contributed by atoms with Gasteiger partial charge in [-0.1, -0.05) is 12.1 Å². The van der Waals surface area contributed by atoms with Gasteiger partial charge < -0.3 is 10.5 Å². The Balaban J connectivity index is 3.29. The molecule has 100 valence electrons. The SMILES string of the molecule is COC(=O)C(CN)(CC(F)F)c1cccc(F)c1. The predicted molar refractivity (Wildman–Crippen MR) is 59.8 cm³/mol. The summed E-state index contributed by atoms with van der Waals surface area (Å²) in [5, 5.41) is 0. The Bertz CT molecular complexity index is 426.